The fourth-order valence-corrected chi connectivity index (χ4v) is 5.18. The summed E-state index contributed by atoms with van der Waals surface area (Å²) in [5, 5.41) is 27.8. The molecule has 0 unspecified atom stereocenters. The maximum absolute atomic E-state index is 13.8. The first kappa shape index (κ1) is 22.4. The summed E-state index contributed by atoms with van der Waals surface area (Å²) in [6.45, 7) is 0. The molecule has 6 nitrogen and oxygen atoms in total. The molecule has 0 aliphatic heterocycles. The molecule has 4 aromatic rings. The van der Waals surface area contributed by atoms with E-state index in [0.29, 0.717) is 17.7 Å². The van der Waals surface area contributed by atoms with Crippen molar-refractivity contribution in [2.45, 2.75) is 31.1 Å². The van der Waals surface area contributed by atoms with Gasteiger partial charge in [0, 0.05) is 51.6 Å². The summed E-state index contributed by atoms with van der Waals surface area (Å²) in [5.41, 5.74) is 11.2. The highest BCUT2D eigenvalue weighted by molar-refractivity contribution is 6.05. The molecule has 0 radical (unpaired) electrons. The zero-order chi connectivity index (χ0) is 24.7. The number of nitrogens with two attached hydrogens (primary N) is 1. The molecule has 1 aliphatic rings. The number of hydrogen-bond acceptors (Lipinski definition) is 4. The summed E-state index contributed by atoms with van der Waals surface area (Å²) < 4.78 is 15.9. The number of carboxylic acids is 1. The average Bonchev–Trinajstić information content (AvgIpc) is 3.15. The van der Waals surface area contributed by atoms with Crippen molar-refractivity contribution < 1.29 is 14.3 Å². The molecule has 1 heterocycles. The predicted molar refractivity (Wildman–Crippen MR) is 134 cm³/mol. The van der Waals surface area contributed by atoms with Gasteiger partial charge in [-0.1, -0.05) is 18.6 Å². The first-order chi connectivity index (χ1) is 16.9. The molecule has 0 amide bonds. The van der Waals surface area contributed by atoms with Gasteiger partial charge in [0.25, 0.3) is 0 Å². The predicted octanol–water partition coefficient (Wildman–Crippen LogP) is 6.05. The van der Waals surface area contributed by atoms with Crippen LogP contribution in [0.15, 0.2) is 60.7 Å². The van der Waals surface area contributed by atoms with E-state index in [0.717, 1.165) is 52.7 Å². The minimum atomic E-state index is -1.01. The van der Waals surface area contributed by atoms with Gasteiger partial charge in [0.15, 0.2) is 0 Å². The number of halogens is 1. The zero-order valence-electron chi connectivity index (χ0n) is 18.9. The molecule has 174 valence electrons. The Morgan fingerprint density at radius 2 is 1.86 bits per heavy atom. The van der Waals surface area contributed by atoms with E-state index in [1.165, 1.54) is 18.3 Å². The Bertz CT molecular complexity index is 1510. The van der Waals surface area contributed by atoms with E-state index in [1.807, 2.05) is 12.1 Å². The smallest absolute Gasteiger partial charge is 0.335 e. The molecule has 3 aromatic carbocycles. The van der Waals surface area contributed by atoms with E-state index >= 15 is 0 Å². The number of nitrogens with zero attached hydrogens (tertiary/aromatic N) is 2. The lowest BCUT2D eigenvalue weighted by atomic mass is 9.63. The Hall–Kier alpha value is -4.44. The second-order valence-electron chi connectivity index (χ2n) is 9.03. The Balaban J connectivity index is 1.94. The van der Waals surface area contributed by atoms with Crippen molar-refractivity contribution in [3.8, 4) is 22.9 Å². The minimum Gasteiger partial charge on any atom is -0.478 e. The van der Waals surface area contributed by atoms with E-state index in [9.17, 15) is 19.6 Å². The Labute approximate surface area is 201 Å². The number of aromatic carboxylic acids is 1. The van der Waals surface area contributed by atoms with Gasteiger partial charge in [-0.2, -0.15) is 5.26 Å². The summed E-state index contributed by atoms with van der Waals surface area (Å²) in [4.78, 5) is 11.5. The van der Waals surface area contributed by atoms with Crippen LogP contribution in [0.5, 0.6) is 0 Å². The normalized spacial score (nSPS) is 14.3. The number of carboxylic acid groups (broad SMARTS) is 1. The van der Waals surface area contributed by atoms with Gasteiger partial charge >= 0.3 is 5.97 Å². The summed E-state index contributed by atoms with van der Waals surface area (Å²) in [6, 6.07) is 18.9. The van der Waals surface area contributed by atoms with E-state index in [4.69, 9.17) is 11.1 Å². The fraction of sp³-hybridized carbons (Fsp3) is 0.179. The largest absolute Gasteiger partial charge is 0.478 e. The SMILES string of the molecule is N#CCC1(c2c(-c3ccc(C(=O)O)cc3)c3cc(N)c(C=N)cc3n2-c2ccc(F)cc2)CCC1. The Morgan fingerprint density at radius 3 is 2.40 bits per heavy atom. The van der Waals surface area contributed by atoms with Crippen molar-refractivity contribution in [2.75, 3.05) is 5.73 Å². The fourth-order valence-electron chi connectivity index (χ4n) is 5.18. The van der Waals surface area contributed by atoms with E-state index < -0.39 is 11.4 Å². The second kappa shape index (κ2) is 8.41. The van der Waals surface area contributed by atoms with Crippen LogP contribution in [0.1, 0.15) is 47.3 Å². The number of fused-ring (bicyclic) bond motifs is 1. The lowest BCUT2D eigenvalue weighted by Gasteiger charge is -2.42. The van der Waals surface area contributed by atoms with Crippen molar-refractivity contribution in [3.05, 3.63) is 83.3 Å². The van der Waals surface area contributed by atoms with Crippen molar-refractivity contribution in [1.82, 2.24) is 4.57 Å². The number of hydrogen-bond donors (Lipinski definition) is 3. The first-order valence-corrected chi connectivity index (χ1v) is 11.3. The molecule has 1 aromatic heterocycles. The lowest BCUT2D eigenvalue weighted by molar-refractivity contribution is 0.0697. The number of anilines is 1. The van der Waals surface area contributed by atoms with Gasteiger partial charge in [-0.25, -0.2) is 9.18 Å². The summed E-state index contributed by atoms with van der Waals surface area (Å²) >= 11 is 0. The van der Waals surface area contributed by atoms with Gasteiger partial charge in [-0.15, -0.1) is 0 Å². The third kappa shape index (κ3) is 3.55. The molecule has 7 heteroatoms. The highest BCUT2D eigenvalue weighted by atomic mass is 19.1. The average molecular weight is 467 g/mol. The number of aromatic nitrogens is 1. The summed E-state index contributed by atoms with van der Waals surface area (Å²) in [5.74, 6) is -1.36. The summed E-state index contributed by atoms with van der Waals surface area (Å²) in [6.07, 6.45) is 4.15. The van der Waals surface area contributed by atoms with Crippen LogP contribution in [0.3, 0.4) is 0 Å². The van der Waals surface area contributed by atoms with Crippen LogP contribution in [0.2, 0.25) is 0 Å². The van der Waals surface area contributed by atoms with Crippen LogP contribution < -0.4 is 5.73 Å². The van der Waals surface area contributed by atoms with E-state index in [-0.39, 0.29) is 11.4 Å². The molecular formula is C28H23FN4O2. The quantitative estimate of drug-likeness (QED) is 0.237. The van der Waals surface area contributed by atoms with Crippen LogP contribution in [0.4, 0.5) is 10.1 Å². The van der Waals surface area contributed by atoms with Gasteiger partial charge < -0.3 is 20.8 Å². The third-order valence-corrected chi connectivity index (χ3v) is 7.06. The number of carbonyl (C=O) groups is 1. The first-order valence-electron chi connectivity index (χ1n) is 11.3. The van der Waals surface area contributed by atoms with Crippen LogP contribution >= 0.6 is 0 Å². The Morgan fingerprint density at radius 1 is 1.17 bits per heavy atom. The molecular weight excluding hydrogens is 443 g/mol. The van der Waals surface area contributed by atoms with Crippen molar-refractivity contribution >= 4 is 28.8 Å². The maximum Gasteiger partial charge on any atom is 0.335 e. The van der Waals surface area contributed by atoms with Gasteiger partial charge in [-0.3, -0.25) is 0 Å². The van der Waals surface area contributed by atoms with Crippen LogP contribution in [0.25, 0.3) is 27.7 Å². The van der Waals surface area contributed by atoms with E-state index in [2.05, 4.69) is 10.6 Å². The minimum absolute atomic E-state index is 0.179. The topological polar surface area (TPSA) is 116 Å². The van der Waals surface area contributed by atoms with Gasteiger partial charge in [0.1, 0.15) is 5.82 Å². The number of nitriles is 1. The van der Waals surface area contributed by atoms with Crippen LogP contribution in [0, 0.1) is 22.6 Å². The number of nitrogen functional groups attached to an aromatic ring is 1. The standard InChI is InChI=1S/C28H23FN4O2/c29-20-6-8-21(9-7-20)33-24-14-19(16-31)23(32)15-22(24)25(17-2-4-18(5-3-17)27(34)35)26(33)28(12-13-30)10-1-11-28/h2-9,14-16,31H,1,10-12,32H2,(H,34,35). The van der Waals surface area contributed by atoms with Crippen molar-refractivity contribution in [3.63, 3.8) is 0 Å². The number of rotatable bonds is 6. The lowest BCUT2D eigenvalue weighted by Crippen LogP contribution is -2.36. The molecule has 1 aliphatic carbocycles. The molecule has 0 spiro atoms. The molecule has 1 saturated carbocycles. The molecule has 0 atom stereocenters. The van der Waals surface area contributed by atoms with Gasteiger partial charge in [0.2, 0.25) is 0 Å². The van der Waals surface area contributed by atoms with Crippen LogP contribution in [-0.2, 0) is 5.41 Å². The molecule has 1 fully saturated rings. The van der Waals surface area contributed by atoms with E-state index in [1.54, 1.807) is 36.4 Å². The molecule has 0 saturated heterocycles. The molecule has 5 rings (SSSR count). The van der Waals surface area contributed by atoms with Crippen molar-refractivity contribution in [1.29, 1.82) is 10.7 Å². The Kier molecular flexibility index (Phi) is 5.37. The maximum atomic E-state index is 13.8. The third-order valence-electron chi connectivity index (χ3n) is 7.06. The molecule has 35 heavy (non-hydrogen) atoms. The molecule has 0 bridgehead atoms. The highest BCUT2D eigenvalue weighted by Gasteiger charge is 2.44. The monoisotopic (exact) mass is 466 g/mol. The van der Waals surface area contributed by atoms with Gasteiger partial charge in [-0.05, 0) is 66.9 Å². The van der Waals surface area contributed by atoms with Gasteiger partial charge in [0.05, 0.1) is 17.1 Å². The summed E-state index contributed by atoms with van der Waals surface area (Å²) in [7, 11) is 0. The molecule has 4 N–H and O–H groups in total. The second-order valence-corrected chi connectivity index (χ2v) is 9.03. The van der Waals surface area contributed by atoms with Crippen molar-refractivity contribution in [2.24, 2.45) is 0 Å². The number of benzene rings is 3. The highest BCUT2D eigenvalue weighted by Crippen LogP contribution is 2.53. The van der Waals surface area contributed by atoms with Crippen LogP contribution in [-0.4, -0.2) is 21.9 Å². The number of nitrogens with one attached hydrogen (secondary N) is 1. The zero-order valence-corrected chi connectivity index (χ0v) is 18.9.